The van der Waals surface area contributed by atoms with Crippen molar-refractivity contribution in [1.29, 1.82) is 0 Å². The van der Waals surface area contributed by atoms with Gasteiger partial charge in [-0.15, -0.1) is 0 Å². The molecular formula is C62H47N. The van der Waals surface area contributed by atoms with E-state index < -0.39 is 0 Å². The van der Waals surface area contributed by atoms with Crippen molar-refractivity contribution in [2.75, 3.05) is 4.90 Å². The zero-order valence-electron chi connectivity index (χ0n) is 35.9. The number of benzene rings is 10. The Balaban J connectivity index is 1.14. The van der Waals surface area contributed by atoms with Crippen LogP contribution in [0.3, 0.4) is 0 Å². The number of nitrogens with zero attached hydrogens (tertiary/aromatic N) is 1. The molecule has 11 rings (SSSR count). The maximum absolute atomic E-state index is 2.50. The Bertz CT molecular complexity index is 3230. The average Bonchev–Trinajstić information content (AvgIpc) is 3.58. The molecule has 0 saturated heterocycles. The molecule has 1 aliphatic rings. The van der Waals surface area contributed by atoms with Crippen molar-refractivity contribution in [1.82, 2.24) is 0 Å². The van der Waals surface area contributed by atoms with Crippen molar-refractivity contribution >= 4 is 27.8 Å². The molecule has 0 heterocycles. The fourth-order valence-electron chi connectivity index (χ4n) is 10.1. The van der Waals surface area contributed by atoms with Crippen molar-refractivity contribution in [3.8, 4) is 66.8 Å². The summed E-state index contributed by atoms with van der Waals surface area (Å²) >= 11 is 0. The molecule has 1 heteroatoms. The van der Waals surface area contributed by atoms with Crippen LogP contribution >= 0.6 is 0 Å². The van der Waals surface area contributed by atoms with Crippen LogP contribution in [0, 0.1) is 6.92 Å². The van der Waals surface area contributed by atoms with Crippen LogP contribution in [0.5, 0.6) is 0 Å². The number of hydrogen-bond acceptors (Lipinski definition) is 1. The van der Waals surface area contributed by atoms with Crippen molar-refractivity contribution in [3.05, 3.63) is 247 Å². The summed E-state index contributed by atoms with van der Waals surface area (Å²) < 4.78 is 0. The van der Waals surface area contributed by atoms with Crippen LogP contribution in [0.2, 0.25) is 0 Å². The molecule has 1 aliphatic carbocycles. The summed E-state index contributed by atoms with van der Waals surface area (Å²) in [5, 5.41) is 2.45. The summed E-state index contributed by atoms with van der Waals surface area (Å²) in [6.07, 6.45) is 0. The van der Waals surface area contributed by atoms with Crippen LogP contribution < -0.4 is 4.90 Å². The summed E-state index contributed by atoms with van der Waals surface area (Å²) in [5.41, 5.74) is 22.0. The van der Waals surface area contributed by atoms with E-state index in [1.165, 1.54) is 94.2 Å². The third kappa shape index (κ3) is 6.56. The molecule has 0 amide bonds. The van der Waals surface area contributed by atoms with Gasteiger partial charge in [0.05, 0.1) is 5.69 Å². The van der Waals surface area contributed by atoms with Gasteiger partial charge in [0.2, 0.25) is 0 Å². The van der Waals surface area contributed by atoms with Gasteiger partial charge >= 0.3 is 0 Å². The van der Waals surface area contributed by atoms with Gasteiger partial charge in [-0.05, 0) is 126 Å². The minimum absolute atomic E-state index is 0.210. The first-order valence-corrected chi connectivity index (χ1v) is 22.0. The monoisotopic (exact) mass is 805 g/mol. The molecule has 0 atom stereocenters. The zero-order valence-corrected chi connectivity index (χ0v) is 35.9. The predicted octanol–water partition coefficient (Wildman–Crippen LogP) is 17.3. The second-order valence-corrected chi connectivity index (χ2v) is 17.3. The van der Waals surface area contributed by atoms with Crippen molar-refractivity contribution in [2.45, 2.75) is 26.2 Å². The molecule has 0 unspecified atom stereocenters. The number of fused-ring (bicyclic) bond motifs is 4. The van der Waals surface area contributed by atoms with Crippen LogP contribution in [-0.4, -0.2) is 0 Å². The van der Waals surface area contributed by atoms with Gasteiger partial charge in [0.1, 0.15) is 0 Å². The average molecular weight is 806 g/mol. The Morgan fingerprint density at radius 3 is 1.49 bits per heavy atom. The predicted molar refractivity (Wildman–Crippen MR) is 268 cm³/mol. The Morgan fingerprint density at radius 1 is 0.333 bits per heavy atom. The molecule has 0 bridgehead atoms. The fourth-order valence-corrected chi connectivity index (χ4v) is 10.1. The molecule has 0 saturated carbocycles. The molecule has 0 aliphatic heterocycles. The minimum Gasteiger partial charge on any atom is -0.310 e. The summed E-state index contributed by atoms with van der Waals surface area (Å²) in [4.78, 5) is 2.50. The number of anilines is 3. The van der Waals surface area contributed by atoms with Gasteiger partial charge in [0.15, 0.2) is 0 Å². The van der Waals surface area contributed by atoms with Crippen LogP contribution in [-0.2, 0) is 5.41 Å². The quantitative estimate of drug-likeness (QED) is 0.148. The van der Waals surface area contributed by atoms with Gasteiger partial charge in [-0.3, -0.25) is 0 Å². The Hall–Kier alpha value is -7.74. The topological polar surface area (TPSA) is 3.24 Å². The smallest absolute Gasteiger partial charge is 0.0546 e. The first-order valence-electron chi connectivity index (χ1n) is 22.0. The highest BCUT2D eigenvalue weighted by Gasteiger charge is 2.37. The zero-order chi connectivity index (χ0) is 42.5. The standard InChI is InChI=1S/C62H47N/c1-42-19-13-15-27-50(42)61-54-28-16-14-26-46(54)35-40-58(61)63(49-38-39-55-57(41-49)62(2,3)56-32-18-31-53(60(55)56)45-24-11-6-12-25-45)48-36-33-47(34-37-48)59-51(43-20-7-4-8-21-43)29-17-30-52(59)44-22-9-5-10-23-44/h4-41H,1-3H3. The summed E-state index contributed by atoms with van der Waals surface area (Å²) in [6.45, 7) is 7.01. The largest absolute Gasteiger partial charge is 0.310 e. The van der Waals surface area contributed by atoms with E-state index in [1.807, 2.05) is 0 Å². The second-order valence-electron chi connectivity index (χ2n) is 17.3. The summed E-state index contributed by atoms with van der Waals surface area (Å²) in [6, 6.07) is 84.7. The van der Waals surface area contributed by atoms with Crippen molar-refractivity contribution in [3.63, 3.8) is 0 Å². The van der Waals surface area contributed by atoms with Gasteiger partial charge < -0.3 is 4.90 Å². The molecule has 63 heavy (non-hydrogen) atoms. The Labute approximate surface area is 371 Å². The molecule has 0 spiro atoms. The molecule has 0 fully saturated rings. The van der Waals surface area contributed by atoms with Crippen LogP contribution in [0.25, 0.3) is 77.5 Å². The van der Waals surface area contributed by atoms with E-state index in [0.717, 1.165) is 17.1 Å². The van der Waals surface area contributed by atoms with Crippen molar-refractivity contribution in [2.24, 2.45) is 0 Å². The lowest BCUT2D eigenvalue weighted by molar-refractivity contribution is 0.660. The molecule has 1 nitrogen and oxygen atoms in total. The molecular weight excluding hydrogens is 759 g/mol. The second kappa shape index (κ2) is 15.6. The van der Waals surface area contributed by atoms with Gasteiger partial charge in [0, 0.05) is 22.4 Å². The van der Waals surface area contributed by atoms with Crippen LogP contribution in [0.1, 0.15) is 30.5 Å². The van der Waals surface area contributed by atoms with Gasteiger partial charge in [0.25, 0.3) is 0 Å². The number of hydrogen-bond donors (Lipinski definition) is 0. The highest BCUT2D eigenvalue weighted by molar-refractivity contribution is 6.06. The Morgan fingerprint density at radius 2 is 0.857 bits per heavy atom. The SMILES string of the molecule is Cc1ccccc1-c1c(N(c2ccc(-c3c(-c4ccccc4)cccc3-c3ccccc3)cc2)c2ccc3c(c2)C(C)(C)c2cccc(-c4ccccc4)c2-3)ccc2ccccc12. The first-order chi connectivity index (χ1) is 31.0. The van der Waals surface area contributed by atoms with E-state index in [1.54, 1.807) is 0 Å². The maximum Gasteiger partial charge on any atom is 0.0546 e. The third-order valence-corrected chi connectivity index (χ3v) is 13.2. The van der Waals surface area contributed by atoms with E-state index in [-0.39, 0.29) is 5.41 Å². The lowest BCUT2D eigenvalue weighted by Gasteiger charge is -2.31. The lowest BCUT2D eigenvalue weighted by Crippen LogP contribution is -2.17. The first kappa shape index (κ1) is 38.2. The van der Waals surface area contributed by atoms with E-state index in [9.17, 15) is 0 Å². The fraction of sp³-hybridized carbons (Fsp3) is 0.0645. The molecule has 0 aromatic heterocycles. The summed E-state index contributed by atoms with van der Waals surface area (Å²) in [5.74, 6) is 0. The molecule has 300 valence electrons. The number of rotatable bonds is 8. The van der Waals surface area contributed by atoms with Gasteiger partial charge in [-0.2, -0.15) is 0 Å². The van der Waals surface area contributed by atoms with Gasteiger partial charge in [-0.25, -0.2) is 0 Å². The van der Waals surface area contributed by atoms with Crippen molar-refractivity contribution < 1.29 is 0 Å². The number of aryl methyl sites for hydroxylation is 1. The molecule has 10 aromatic rings. The van der Waals surface area contributed by atoms with Crippen LogP contribution in [0.15, 0.2) is 231 Å². The lowest BCUT2D eigenvalue weighted by atomic mass is 9.81. The van der Waals surface area contributed by atoms with E-state index in [2.05, 4.69) is 256 Å². The molecule has 0 radical (unpaired) electrons. The molecule has 10 aromatic carbocycles. The minimum atomic E-state index is -0.210. The Kier molecular flexibility index (Phi) is 9.47. The third-order valence-electron chi connectivity index (χ3n) is 13.2. The van der Waals surface area contributed by atoms with Crippen LogP contribution in [0.4, 0.5) is 17.1 Å². The summed E-state index contributed by atoms with van der Waals surface area (Å²) in [7, 11) is 0. The molecule has 0 N–H and O–H groups in total. The highest BCUT2D eigenvalue weighted by atomic mass is 15.1. The van der Waals surface area contributed by atoms with E-state index in [4.69, 9.17) is 0 Å². The maximum atomic E-state index is 2.50. The van der Waals surface area contributed by atoms with E-state index >= 15 is 0 Å². The van der Waals surface area contributed by atoms with Gasteiger partial charge in [-0.1, -0.05) is 214 Å². The normalized spacial score (nSPS) is 12.5. The van der Waals surface area contributed by atoms with E-state index in [0.29, 0.717) is 0 Å². The highest BCUT2D eigenvalue weighted by Crippen LogP contribution is 2.54.